The van der Waals surface area contributed by atoms with Crippen LogP contribution in [-0.2, 0) is 23.7 Å². The average Bonchev–Trinajstić information content (AvgIpc) is 3.47. The fraction of sp³-hybridized carbons (Fsp3) is 0.738. The molecule has 0 radical (unpaired) electrons. The maximum Gasteiger partial charge on any atom is 0.220 e. The molecule has 2 fully saturated rings. The van der Waals surface area contributed by atoms with E-state index in [1.54, 1.807) is 6.08 Å². The number of hydrogen-bond acceptors (Lipinski definition) is 13. The van der Waals surface area contributed by atoms with E-state index in [0.29, 0.717) is 12.8 Å². The van der Waals surface area contributed by atoms with E-state index in [0.717, 1.165) is 70.6 Å². The van der Waals surface area contributed by atoms with Crippen LogP contribution in [0.25, 0.3) is 0 Å². The number of rotatable bonds is 48. The summed E-state index contributed by atoms with van der Waals surface area (Å²) in [7, 11) is 0. The van der Waals surface area contributed by atoms with Crippen molar-refractivity contribution in [3.63, 3.8) is 0 Å². The van der Waals surface area contributed by atoms with Crippen LogP contribution in [0.1, 0.15) is 213 Å². The van der Waals surface area contributed by atoms with Crippen molar-refractivity contribution in [1.82, 2.24) is 5.32 Å². The Balaban J connectivity index is 1.79. The van der Waals surface area contributed by atoms with E-state index >= 15 is 0 Å². The van der Waals surface area contributed by atoms with Gasteiger partial charge in [0, 0.05) is 6.42 Å². The van der Waals surface area contributed by atoms with Gasteiger partial charge in [0.1, 0.15) is 48.8 Å². The monoisotopic (exact) mass is 1110 g/mol. The van der Waals surface area contributed by atoms with E-state index in [1.165, 1.54) is 109 Å². The second kappa shape index (κ2) is 49.5. The lowest BCUT2D eigenvalue weighted by molar-refractivity contribution is -0.359. The van der Waals surface area contributed by atoms with Crippen LogP contribution in [-0.4, -0.2) is 140 Å². The maximum absolute atomic E-state index is 13.3. The maximum atomic E-state index is 13.3. The zero-order valence-corrected chi connectivity index (χ0v) is 48.8. The van der Waals surface area contributed by atoms with Crippen LogP contribution in [0.2, 0.25) is 0 Å². The first-order valence-electron chi connectivity index (χ1n) is 31.0. The van der Waals surface area contributed by atoms with Crippen molar-refractivity contribution in [2.24, 2.45) is 0 Å². The van der Waals surface area contributed by atoms with Crippen LogP contribution in [0.15, 0.2) is 97.2 Å². The van der Waals surface area contributed by atoms with Crippen molar-refractivity contribution < 1.29 is 64.6 Å². The Morgan fingerprint density at radius 1 is 0.468 bits per heavy atom. The molecular formula is C65H111NO13. The number of nitrogens with one attached hydrogen (secondary N) is 1. The van der Waals surface area contributed by atoms with Crippen molar-refractivity contribution in [2.45, 2.75) is 286 Å². The van der Waals surface area contributed by atoms with Gasteiger partial charge in [0.05, 0.1) is 32.0 Å². The molecule has 2 rings (SSSR count). The lowest BCUT2D eigenvalue weighted by Crippen LogP contribution is -2.65. The van der Waals surface area contributed by atoms with Crippen LogP contribution >= 0.6 is 0 Å². The van der Waals surface area contributed by atoms with Crippen molar-refractivity contribution in [1.29, 1.82) is 0 Å². The summed E-state index contributed by atoms with van der Waals surface area (Å²) in [6.45, 7) is 2.65. The summed E-state index contributed by atoms with van der Waals surface area (Å²) in [6.07, 6.45) is 51.6. The van der Waals surface area contributed by atoms with Gasteiger partial charge in [-0.15, -0.1) is 0 Å². The molecule has 79 heavy (non-hydrogen) atoms. The first-order valence-corrected chi connectivity index (χ1v) is 31.0. The van der Waals surface area contributed by atoms with Crippen LogP contribution in [0.3, 0.4) is 0 Å². The molecule has 12 unspecified atom stereocenters. The van der Waals surface area contributed by atoms with Crippen LogP contribution in [0, 0.1) is 0 Å². The molecule has 2 heterocycles. The lowest BCUT2D eigenvalue weighted by atomic mass is 9.97. The largest absolute Gasteiger partial charge is 0.394 e. The Bertz CT molecular complexity index is 1690. The van der Waals surface area contributed by atoms with Crippen molar-refractivity contribution in [3.8, 4) is 0 Å². The Hall–Kier alpha value is -3.09. The number of carbonyl (C=O) groups excluding carboxylic acids is 1. The molecule has 2 aliphatic heterocycles. The van der Waals surface area contributed by atoms with Crippen LogP contribution in [0.5, 0.6) is 0 Å². The number of amides is 1. The summed E-state index contributed by atoms with van der Waals surface area (Å²) in [4.78, 5) is 13.3. The molecule has 0 bridgehead atoms. The van der Waals surface area contributed by atoms with E-state index in [1.807, 2.05) is 12.2 Å². The van der Waals surface area contributed by atoms with Gasteiger partial charge in [-0.2, -0.15) is 0 Å². The summed E-state index contributed by atoms with van der Waals surface area (Å²) in [5.41, 5.74) is 0. The minimum absolute atomic E-state index is 0.196. The third-order valence-electron chi connectivity index (χ3n) is 14.5. The number of carbonyl (C=O) groups is 1. The van der Waals surface area contributed by atoms with Gasteiger partial charge in [0.15, 0.2) is 12.6 Å². The molecule has 2 aliphatic rings. The molecule has 14 heteroatoms. The van der Waals surface area contributed by atoms with Gasteiger partial charge < -0.3 is 65.1 Å². The van der Waals surface area contributed by atoms with Gasteiger partial charge in [0.2, 0.25) is 5.91 Å². The molecule has 0 aliphatic carbocycles. The molecule has 14 nitrogen and oxygen atoms in total. The fourth-order valence-electron chi connectivity index (χ4n) is 9.57. The number of ether oxygens (including phenoxy) is 4. The average molecular weight is 1110 g/mol. The van der Waals surface area contributed by atoms with Gasteiger partial charge in [-0.05, 0) is 70.6 Å². The first kappa shape index (κ1) is 72.0. The van der Waals surface area contributed by atoms with E-state index in [2.05, 4.69) is 98.2 Å². The second-order valence-electron chi connectivity index (χ2n) is 21.5. The number of hydrogen-bond donors (Lipinski definition) is 9. The Morgan fingerprint density at radius 2 is 0.873 bits per heavy atom. The highest BCUT2D eigenvalue weighted by Gasteiger charge is 2.51. The third-order valence-corrected chi connectivity index (χ3v) is 14.5. The quantitative estimate of drug-likeness (QED) is 0.0204. The lowest BCUT2D eigenvalue weighted by Gasteiger charge is -2.46. The van der Waals surface area contributed by atoms with Crippen LogP contribution < -0.4 is 5.32 Å². The van der Waals surface area contributed by atoms with Crippen LogP contribution in [0.4, 0.5) is 0 Å². The summed E-state index contributed by atoms with van der Waals surface area (Å²) in [5, 5.41) is 87.2. The van der Waals surface area contributed by atoms with Gasteiger partial charge in [-0.1, -0.05) is 233 Å². The normalized spacial score (nSPS) is 25.1. The summed E-state index contributed by atoms with van der Waals surface area (Å²) in [6, 6.07) is -0.953. The number of unbranched alkanes of at least 4 members (excludes halogenated alkanes) is 21. The van der Waals surface area contributed by atoms with Crippen molar-refractivity contribution in [2.75, 3.05) is 19.8 Å². The molecule has 9 N–H and O–H groups in total. The molecule has 454 valence electrons. The highest BCUT2D eigenvalue weighted by molar-refractivity contribution is 5.76. The topological polar surface area (TPSA) is 228 Å². The summed E-state index contributed by atoms with van der Waals surface area (Å²) in [5.74, 6) is -0.299. The van der Waals surface area contributed by atoms with E-state index < -0.39 is 86.8 Å². The van der Waals surface area contributed by atoms with E-state index in [4.69, 9.17) is 18.9 Å². The second-order valence-corrected chi connectivity index (χ2v) is 21.5. The van der Waals surface area contributed by atoms with Gasteiger partial charge in [-0.25, -0.2) is 0 Å². The number of aliphatic hydroxyl groups excluding tert-OH is 8. The van der Waals surface area contributed by atoms with E-state index in [9.17, 15) is 45.6 Å². The number of aliphatic hydroxyl groups is 8. The highest BCUT2D eigenvalue weighted by Crippen LogP contribution is 2.30. The molecule has 0 saturated carbocycles. The molecule has 1 amide bonds. The molecule has 12 atom stereocenters. The van der Waals surface area contributed by atoms with Gasteiger partial charge >= 0.3 is 0 Å². The zero-order valence-electron chi connectivity index (χ0n) is 48.8. The van der Waals surface area contributed by atoms with Crippen molar-refractivity contribution in [3.05, 3.63) is 97.2 Å². The summed E-state index contributed by atoms with van der Waals surface area (Å²) < 4.78 is 22.8. The molecule has 0 aromatic heterocycles. The van der Waals surface area contributed by atoms with Gasteiger partial charge in [-0.3, -0.25) is 4.79 Å². The van der Waals surface area contributed by atoms with Gasteiger partial charge in [0.25, 0.3) is 0 Å². The Morgan fingerprint density at radius 3 is 1.33 bits per heavy atom. The first-order chi connectivity index (χ1) is 38.6. The molecule has 2 saturated heterocycles. The highest BCUT2D eigenvalue weighted by atomic mass is 16.7. The molecule has 0 aromatic carbocycles. The predicted molar refractivity (Wildman–Crippen MR) is 318 cm³/mol. The Kier molecular flexibility index (Phi) is 45.1. The molecule has 0 spiro atoms. The molecular weight excluding hydrogens is 1000 g/mol. The zero-order chi connectivity index (χ0) is 57.4. The smallest absolute Gasteiger partial charge is 0.220 e. The Labute approximate surface area is 477 Å². The SMILES string of the molecule is CC/C=C\C/C=C\C/C=C\C/C=C\C/C=C\C/C=C\C/C=C\CCCC(=O)NC(COC1OC(CO)C(OC2OC(CO)C(O)C(O)C2O)C(O)C1O)C(O)/C=C/CCCCCCCCCCCCCCCCCCCCCC. The third kappa shape index (κ3) is 34.8. The minimum Gasteiger partial charge on any atom is -0.394 e. The van der Waals surface area contributed by atoms with Crippen molar-refractivity contribution >= 4 is 5.91 Å². The van der Waals surface area contributed by atoms with E-state index in [-0.39, 0.29) is 18.9 Å². The number of allylic oxidation sites excluding steroid dienone is 15. The fourth-order valence-corrected chi connectivity index (χ4v) is 9.57. The standard InChI is InChI=1S/C65H111NO13/c1-3-5-7-9-11-13-15-17-19-21-23-25-27-29-31-33-35-37-39-41-43-45-47-49-57(70)66-53(52-76-64-62(75)60(73)63(56(51-68)78-64)79-65-61(74)59(72)58(71)55(50-67)77-65)54(69)48-46-44-42-40-38-36-34-32-30-28-26-24-22-20-18-16-14-12-10-8-6-4-2/h5,7,11,13,17,19,23,25,29,31,35,37,41,43,46,48,53-56,58-65,67-69,71-75H,3-4,6,8-10,12,14-16,18,20-22,24,26-28,30,32-34,36,38-40,42,44-45,47,49-52H2,1-2H3,(H,66,70)/b7-5-,13-11-,19-17-,25-23-,31-29-,37-35-,43-41-,48-46+. The molecule has 0 aromatic rings. The minimum atomic E-state index is -1.80. The summed E-state index contributed by atoms with van der Waals surface area (Å²) >= 11 is 0. The predicted octanol–water partition coefficient (Wildman–Crippen LogP) is 11.1.